The molecule has 6 heteroatoms. The van der Waals surface area contributed by atoms with Gasteiger partial charge in [0.25, 0.3) is 0 Å². The van der Waals surface area contributed by atoms with Gasteiger partial charge in [-0.05, 0) is 47.2 Å². The van der Waals surface area contributed by atoms with E-state index in [4.69, 9.17) is 18.0 Å². The number of aldehydes is 1. The number of hydrogen-bond donors (Lipinski definition) is 2. The lowest BCUT2D eigenvalue weighted by atomic mass is 9.89. The van der Waals surface area contributed by atoms with Crippen molar-refractivity contribution in [1.29, 1.82) is 0 Å². The number of nitrogens with two attached hydrogens (primary N) is 1. The minimum Gasteiger partial charge on any atom is -0.343 e. The molecule has 28 heavy (non-hydrogen) atoms. The van der Waals surface area contributed by atoms with Crippen molar-refractivity contribution in [3.05, 3.63) is 69.4 Å². The average Bonchev–Trinajstić information content (AvgIpc) is 2.66. The fourth-order valence-corrected chi connectivity index (χ4v) is 3.65. The van der Waals surface area contributed by atoms with E-state index in [1.165, 1.54) is 12.1 Å². The molecule has 0 radical (unpaired) electrons. The molecule has 144 valence electrons. The first-order valence-electron chi connectivity index (χ1n) is 9.05. The minimum atomic E-state index is -0.305. The molecule has 0 aliphatic heterocycles. The molecule has 3 rings (SSSR count). The van der Waals surface area contributed by atoms with Crippen molar-refractivity contribution in [3.63, 3.8) is 0 Å². The van der Waals surface area contributed by atoms with Gasteiger partial charge in [0.1, 0.15) is 16.3 Å². The third-order valence-electron chi connectivity index (χ3n) is 4.73. The molecule has 1 aromatic heterocycles. The molecule has 0 saturated heterocycles. The summed E-state index contributed by atoms with van der Waals surface area (Å²) in [6.07, 6.45) is 0.741. The van der Waals surface area contributed by atoms with E-state index in [1.807, 2.05) is 19.1 Å². The van der Waals surface area contributed by atoms with Crippen LogP contribution >= 0.6 is 12.2 Å². The van der Waals surface area contributed by atoms with E-state index in [0.717, 1.165) is 34.1 Å². The number of rotatable bonds is 5. The van der Waals surface area contributed by atoms with Gasteiger partial charge < -0.3 is 10.7 Å². The predicted molar refractivity (Wildman–Crippen MR) is 112 cm³/mol. The van der Waals surface area contributed by atoms with Crippen LogP contribution in [0.4, 0.5) is 4.39 Å². The molecule has 2 aromatic carbocycles. The zero-order valence-electron chi connectivity index (χ0n) is 16.0. The second kappa shape index (κ2) is 8.12. The number of halogens is 1. The van der Waals surface area contributed by atoms with Crippen molar-refractivity contribution in [1.82, 2.24) is 9.97 Å². The second-order valence-corrected chi connectivity index (χ2v) is 7.38. The highest BCUT2D eigenvalue weighted by Gasteiger charge is 2.17. The van der Waals surface area contributed by atoms with Crippen molar-refractivity contribution in [2.24, 2.45) is 5.73 Å². The summed E-state index contributed by atoms with van der Waals surface area (Å²) in [6.45, 7) is 6.22. The maximum Gasteiger partial charge on any atom is 0.155 e. The summed E-state index contributed by atoms with van der Waals surface area (Å²) in [4.78, 5) is 19.0. The summed E-state index contributed by atoms with van der Waals surface area (Å²) in [6, 6.07) is 10.6. The van der Waals surface area contributed by atoms with Crippen molar-refractivity contribution in [3.8, 4) is 22.4 Å². The molecule has 1 heterocycles. The molecule has 0 aliphatic rings. The Kier molecular flexibility index (Phi) is 5.82. The number of hydrogen-bond acceptors (Lipinski definition) is 4. The normalized spacial score (nSPS) is 11.1. The maximum atomic E-state index is 13.6. The molecule has 0 aliphatic carbocycles. The number of nitrogens with zero attached hydrogens (tertiary/aromatic N) is 1. The van der Waals surface area contributed by atoms with Gasteiger partial charge in [0.15, 0.2) is 6.29 Å². The first-order valence-corrected chi connectivity index (χ1v) is 9.45. The lowest BCUT2D eigenvalue weighted by Crippen LogP contribution is -2.03. The SMILES string of the molecule is Cc1nc(=S)c(C=O)c(-c2ccc(-c3ccc(F)cc3CN)cc2C(C)C)[nH]1. The molecule has 0 saturated carbocycles. The molecule has 3 N–H and O–H groups in total. The van der Waals surface area contributed by atoms with Gasteiger partial charge in [-0.15, -0.1) is 0 Å². The number of carbonyl (C=O) groups excluding carboxylic acids is 1. The number of aryl methyl sites for hydroxylation is 1. The third-order valence-corrected chi connectivity index (χ3v) is 5.05. The monoisotopic (exact) mass is 395 g/mol. The largest absolute Gasteiger partial charge is 0.343 e. The summed E-state index contributed by atoms with van der Waals surface area (Å²) in [5, 5.41) is 0. The van der Waals surface area contributed by atoms with E-state index in [-0.39, 0.29) is 22.9 Å². The fraction of sp³-hybridized carbons (Fsp3) is 0.227. The van der Waals surface area contributed by atoms with E-state index in [1.54, 1.807) is 6.07 Å². The summed E-state index contributed by atoms with van der Waals surface area (Å²) in [5.41, 5.74) is 11.4. The number of benzene rings is 2. The molecule has 0 fully saturated rings. The van der Waals surface area contributed by atoms with Crippen LogP contribution in [0.25, 0.3) is 22.4 Å². The van der Waals surface area contributed by atoms with E-state index >= 15 is 0 Å². The quantitative estimate of drug-likeness (QED) is 0.453. The van der Waals surface area contributed by atoms with Crippen molar-refractivity contribution in [2.75, 3.05) is 0 Å². The Morgan fingerprint density at radius 1 is 1.21 bits per heavy atom. The van der Waals surface area contributed by atoms with Gasteiger partial charge in [0, 0.05) is 12.1 Å². The standard InChI is InChI=1S/C22H22FN3OS/c1-12(2)19-9-14(17-7-5-16(23)8-15(17)10-24)4-6-18(19)21-20(11-27)22(28)26-13(3)25-21/h4-9,11-12H,10,24H2,1-3H3,(H,25,26,28). The van der Waals surface area contributed by atoms with Crippen molar-refractivity contribution in [2.45, 2.75) is 33.2 Å². The summed E-state index contributed by atoms with van der Waals surface area (Å²) in [5.74, 6) is 0.528. The molecular formula is C22H22FN3OS. The Labute approximate surface area is 168 Å². The Bertz CT molecular complexity index is 1110. The first kappa shape index (κ1) is 20.0. The fourth-order valence-electron chi connectivity index (χ4n) is 3.37. The molecule has 4 nitrogen and oxygen atoms in total. The van der Waals surface area contributed by atoms with Gasteiger partial charge in [-0.3, -0.25) is 4.79 Å². The maximum absolute atomic E-state index is 13.6. The van der Waals surface area contributed by atoms with Crippen LogP contribution in [0.1, 0.15) is 47.1 Å². The average molecular weight is 396 g/mol. The molecule has 0 spiro atoms. The van der Waals surface area contributed by atoms with Crippen LogP contribution in [0.2, 0.25) is 0 Å². The van der Waals surface area contributed by atoms with E-state index in [9.17, 15) is 9.18 Å². The van der Waals surface area contributed by atoms with E-state index < -0.39 is 0 Å². The topological polar surface area (TPSA) is 71.8 Å². The zero-order chi connectivity index (χ0) is 20.4. The van der Waals surface area contributed by atoms with Crippen LogP contribution in [-0.2, 0) is 6.54 Å². The van der Waals surface area contributed by atoms with Gasteiger partial charge >= 0.3 is 0 Å². The zero-order valence-corrected chi connectivity index (χ0v) is 16.9. The smallest absolute Gasteiger partial charge is 0.155 e. The van der Waals surface area contributed by atoms with Gasteiger partial charge in [-0.2, -0.15) is 0 Å². The van der Waals surface area contributed by atoms with Crippen LogP contribution in [0, 0.1) is 17.4 Å². The van der Waals surface area contributed by atoms with Gasteiger partial charge in [0.2, 0.25) is 0 Å². The van der Waals surface area contributed by atoms with E-state index in [2.05, 4.69) is 29.9 Å². The lowest BCUT2D eigenvalue weighted by molar-refractivity contribution is 0.112. The van der Waals surface area contributed by atoms with Crippen molar-refractivity contribution < 1.29 is 9.18 Å². The second-order valence-electron chi connectivity index (χ2n) is 7.00. The number of aromatic amines is 1. The minimum absolute atomic E-state index is 0.187. The molecule has 0 atom stereocenters. The summed E-state index contributed by atoms with van der Waals surface area (Å²) >= 11 is 5.27. The van der Waals surface area contributed by atoms with Gasteiger partial charge in [-0.1, -0.05) is 50.3 Å². The summed E-state index contributed by atoms with van der Waals surface area (Å²) in [7, 11) is 0. The number of nitrogens with one attached hydrogen (secondary N) is 1. The predicted octanol–water partition coefficient (Wildman–Crippen LogP) is 5.32. The highest BCUT2D eigenvalue weighted by molar-refractivity contribution is 7.71. The van der Waals surface area contributed by atoms with Crippen molar-refractivity contribution >= 4 is 18.5 Å². The lowest BCUT2D eigenvalue weighted by Gasteiger charge is -2.18. The van der Waals surface area contributed by atoms with Crippen LogP contribution in [0.3, 0.4) is 0 Å². The molecule has 0 unspecified atom stereocenters. The van der Waals surface area contributed by atoms with Crippen LogP contribution in [-0.4, -0.2) is 16.3 Å². The molecule has 0 bridgehead atoms. The Morgan fingerprint density at radius 3 is 2.57 bits per heavy atom. The number of aromatic nitrogens is 2. The number of carbonyl (C=O) groups is 1. The Morgan fingerprint density at radius 2 is 1.93 bits per heavy atom. The first-order chi connectivity index (χ1) is 13.3. The van der Waals surface area contributed by atoms with Gasteiger partial charge in [0.05, 0.1) is 11.3 Å². The Balaban J connectivity index is 2.25. The molecule has 3 aromatic rings. The van der Waals surface area contributed by atoms with Crippen LogP contribution in [0.5, 0.6) is 0 Å². The third kappa shape index (κ3) is 3.79. The van der Waals surface area contributed by atoms with Crippen LogP contribution < -0.4 is 5.73 Å². The highest BCUT2D eigenvalue weighted by Crippen LogP contribution is 2.35. The Hall–Kier alpha value is -2.70. The highest BCUT2D eigenvalue weighted by atomic mass is 32.1. The van der Waals surface area contributed by atoms with E-state index in [0.29, 0.717) is 17.1 Å². The van der Waals surface area contributed by atoms with Crippen LogP contribution in [0.15, 0.2) is 36.4 Å². The van der Waals surface area contributed by atoms with Gasteiger partial charge in [-0.25, -0.2) is 9.37 Å². The number of H-pyrrole nitrogens is 1. The summed E-state index contributed by atoms with van der Waals surface area (Å²) < 4.78 is 13.9. The molecule has 0 amide bonds. The molecular weight excluding hydrogens is 373 g/mol.